The van der Waals surface area contributed by atoms with Gasteiger partial charge in [-0.15, -0.1) is 0 Å². The molecule has 2 aromatic carbocycles. The zero-order chi connectivity index (χ0) is 80.2. The number of rotatable bonds is 14. The highest BCUT2D eigenvalue weighted by Gasteiger charge is 2.54. The van der Waals surface area contributed by atoms with Gasteiger partial charge in [0.2, 0.25) is 70.9 Å². The molecule has 25 nitrogen and oxygen atoms in total. The van der Waals surface area contributed by atoms with Crippen molar-refractivity contribution in [2.24, 2.45) is 11.8 Å². The van der Waals surface area contributed by atoms with Crippen LogP contribution in [-0.4, -0.2) is 264 Å². The van der Waals surface area contributed by atoms with E-state index in [0.717, 1.165) is 65.6 Å². The molecule has 2 saturated heterocycles. The molecule has 1 spiro atoms. The number of carbonyl (C=O) groups excluding carboxylic acids is 12. The molecule has 0 aromatic heterocycles. The van der Waals surface area contributed by atoms with Crippen molar-refractivity contribution in [2.45, 2.75) is 216 Å². The first-order valence-corrected chi connectivity index (χ1v) is 37.1. The number of hydrogen-bond acceptors (Lipinski definition) is 13. The number of likely N-dealkylation sites (N-methyl/N-ethyl adjacent to an activating group) is 7. The lowest BCUT2D eigenvalue weighted by Crippen LogP contribution is -2.68. The maximum absolute atomic E-state index is 15.5. The van der Waals surface area contributed by atoms with E-state index >= 15 is 37.5 Å². The van der Waals surface area contributed by atoms with Gasteiger partial charge in [-0.05, 0) is 125 Å². The number of nitrogens with zero attached hydrogens (tertiary/aromatic N) is 9. The largest absolute Gasteiger partial charge is 0.422 e. The van der Waals surface area contributed by atoms with Crippen molar-refractivity contribution in [3.05, 3.63) is 82.4 Å². The van der Waals surface area contributed by atoms with E-state index in [4.69, 9.17) is 4.74 Å². The molecule has 2 bridgehead atoms. The number of amides is 12. The van der Waals surface area contributed by atoms with Crippen LogP contribution in [0.3, 0.4) is 0 Å². The molecule has 2 saturated carbocycles. The second-order valence-electron chi connectivity index (χ2n) is 29.3. The number of hydrogen-bond donors (Lipinski definition) is 3. The normalized spacial score (nSPS) is 26.0. The molecule has 12 amide bonds. The molecule has 3 N–H and O–H groups in total. The number of aryl methyl sites for hydroxylation is 1. The predicted octanol–water partition coefficient (Wildman–Crippen LogP) is 5.88. The summed E-state index contributed by atoms with van der Waals surface area (Å²) in [4.78, 5) is 191. The molecule has 3 heterocycles. The Labute approximate surface area is 625 Å². The monoisotopic (exact) mass is 1530 g/mol. The van der Waals surface area contributed by atoms with E-state index in [1.54, 1.807) is 46.8 Å². The SMILES string of the molecule is CCC[C@H]1C(=O)N[C@@H]([C@@H](C)CC)C(=O)N(C)CC(=O)N(C)[C@H]2C/C=C\CCN(C2=O)[C@@H](Cc2ccc(C(F)(F)F)cc2)C(=O)N(C)CC(=O)N[C@@H](CCc2cc(F)c(C(F)(F)F)c(F)c2)C(=O)N2C[C@H](OCC)C[C@H]2C(=O)NC2(CCC2)C(=O)N(C)[C@@H](C2CCCC2)C(=O)N(C)[C@H](C(=O)N(C)CC)CC(=O)N1C. The molecular formula is C75H104F8N12O13. The lowest BCUT2D eigenvalue weighted by atomic mass is 9.74. The van der Waals surface area contributed by atoms with Gasteiger partial charge in [-0.3, -0.25) is 57.5 Å². The summed E-state index contributed by atoms with van der Waals surface area (Å²) in [5, 5.41) is 8.26. The number of ether oxygens (including phenoxy) is 1. The third kappa shape index (κ3) is 20.4. The second kappa shape index (κ2) is 37.1. The van der Waals surface area contributed by atoms with Crippen LogP contribution >= 0.6 is 0 Å². The topological polar surface area (TPSA) is 279 Å². The molecule has 10 atom stereocenters. The number of alkyl halides is 6. The quantitative estimate of drug-likeness (QED) is 0.147. The number of carbonyl (C=O) groups is 12. The van der Waals surface area contributed by atoms with Crippen molar-refractivity contribution >= 4 is 70.9 Å². The summed E-state index contributed by atoms with van der Waals surface area (Å²) in [6.45, 7) is 6.51. The van der Waals surface area contributed by atoms with Gasteiger partial charge in [-0.25, -0.2) is 8.78 Å². The molecule has 598 valence electrons. The number of benzene rings is 2. The van der Waals surface area contributed by atoms with Gasteiger partial charge in [0.05, 0.1) is 31.2 Å². The molecule has 0 unspecified atom stereocenters. The Morgan fingerprint density at radius 3 is 1.86 bits per heavy atom. The van der Waals surface area contributed by atoms with Gasteiger partial charge in [0.1, 0.15) is 71.1 Å². The third-order valence-corrected chi connectivity index (χ3v) is 22.0. The first-order valence-electron chi connectivity index (χ1n) is 37.1. The van der Waals surface area contributed by atoms with Gasteiger partial charge in [-0.1, -0.05) is 70.7 Å². The molecule has 7 rings (SSSR count). The summed E-state index contributed by atoms with van der Waals surface area (Å²) in [7, 11) is 9.31. The van der Waals surface area contributed by atoms with Crippen LogP contribution in [0.4, 0.5) is 35.1 Å². The maximum Gasteiger partial charge on any atom is 0.422 e. The minimum absolute atomic E-state index is 0.0359. The van der Waals surface area contributed by atoms with Gasteiger partial charge < -0.3 is 64.8 Å². The summed E-state index contributed by atoms with van der Waals surface area (Å²) in [6.07, 6.45) is -7.06. The van der Waals surface area contributed by atoms with Crippen molar-refractivity contribution in [3.8, 4) is 0 Å². The fraction of sp³-hybridized carbons (Fsp3) is 0.653. The summed E-state index contributed by atoms with van der Waals surface area (Å²) < 4.78 is 120. The van der Waals surface area contributed by atoms with Crippen molar-refractivity contribution in [1.82, 2.24) is 60.0 Å². The standard InChI is InChI=1S/C75H104F8N12O13/c1-13-23-53-64(99)85-62(44(5)14-2)70(105)89(8)43-60(98)91(10)54-26-18-17-21-35-94(69(54)104)57(38-45-27-30-48(31-28-45)74(78,79)80)68(103)88(7)42-58(96)84-52(32-29-46-36-50(76)61(51(77)37-46)75(81,82)83)66(101)95-41-49(108-16-4)39-55(95)65(100)86-73(33-22-34-73)72(107)93(12)63(47-24-19-20-25-47)71(106)92(11)56(40-59(97)90(53)9)67(102)87(6)15-3/h17-18,27-28,30-31,36-37,44,47,49,52-57,62-63H,13-16,19-26,29,32-35,38-43H2,1-12H3,(H,84,96)(H,85,99)(H,86,100)/b18-17-/t44-,49+,52-,53-,54-,55-,56-,57-,62-,63-/m0/s1. The average molecular weight is 1530 g/mol. The van der Waals surface area contributed by atoms with Crippen LogP contribution in [0.25, 0.3) is 0 Å². The highest BCUT2D eigenvalue weighted by atomic mass is 19.4. The van der Waals surface area contributed by atoms with Crippen molar-refractivity contribution < 1.29 is 97.4 Å². The first-order chi connectivity index (χ1) is 50.7. The summed E-state index contributed by atoms with van der Waals surface area (Å²) in [5.41, 5.74) is -5.25. The van der Waals surface area contributed by atoms with E-state index in [-0.39, 0.29) is 70.3 Å². The predicted molar refractivity (Wildman–Crippen MR) is 379 cm³/mol. The Balaban J connectivity index is 1.35. The molecule has 4 fully saturated rings. The molecule has 33 heteroatoms. The van der Waals surface area contributed by atoms with Gasteiger partial charge >= 0.3 is 12.4 Å². The van der Waals surface area contributed by atoms with Crippen molar-refractivity contribution in [3.63, 3.8) is 0 Å². The van der Waals surface area contributed by atoms with Gasteiger partial charge in [0, 0.05) is 88.4 Å². The lowest BCUT2D eigenvalue weighted by molar-refractivity contribution is -0.158. The average Bonchev–Trinajstić information content (AvgIpc) is 1.24. The van der Waals surface area contributed by atoms with Gasteiger partial charge in [0.15, 0.2) is 0 Å². The number of nitrogens with one attached hydrogen (secondary N) is 3. The molecule has 3 aliphatic heterocycles. The first kappa shape index (κ1) is 86.5. The van der Waals surface area contributed by atoms with E-state index < -0.39 is 222 Å². The van der Waals surface area contributed by atoms with Crippen LogP contribution in [-0.2, 0) is 87.5 Å². The van der Waals surface area contributed by atoms with Crippen LogP contribution in [0.5, 0.6) is 0 Å². The fourth-order valence-electron chi connectivity index (χ4n) is 15.0. The van der Waals surface area contributed by atoms with E-state index in [0.29, 0.717) is 57.1 Å². The van der Waals surface area contributed by atoms with Gasteiger partial charge in [-0.2, -0.15) is 26.3 Å². The lowest BCUT2D eigenvalue weighted by Gasteiger charge is -2.46. The highest BCUT2D eigenvalue weighted by molar-refractivity contribution is 6.01. The summed E-state index contributed by atoms with van der Waals surface area (Å²) >= 11 is 0. The fourth-order valence-corrected chi connectivity index (χ4v) is 15.0. The van der Waals surface area contributed by atoms with Gasteiger partial charge in [0.25, 0.3) is 0 Å². The zero-order valence-electron chi connectivity index (χ0n) is 63.6. The number of halogens is 8. The zero-order valence-corrected chi connectivity index (χ0v) is 63.6. The van der Waals surface area contributed by atoms with Crippen LogP contribution in [0.15, 0.2) is 48.6 Å². The third-order valence-electron chi connectivity index (χ3n) is 22.0. The Morgan fingerprint density at radius 1 is 0.667 bits per heavy atom. The van der Waals surface area contributed by atoms with E-state index in [9.17, 15) is 55.1 Å². The Hall–Kier alpha value is -8.78. The Kier molecular flexibility index (Phi) is 29.7. The van der Waals surface area contributed by atoms with Crippen LogP contribution < -0.4 is 16.0 Å². The van der Waals surface area contributed by atoms with Crippen molar-refractivity contribution in [1.29, 1.82) is 0 Å². The molecule has 5 aliphatic rings. The van der Waals surface area contributed by atoms with E-state index in [1.165, 1.54) is 52.1 Å². The number of fused-ring (bicyclic) bond motifs is 3. The second-order valence-corrected chi connectivity index (χ2v) is 29.3. The van der Waals surface area contributed by atoms with E-state index in [1.807, 2.05) is 0 Å². The Morgan fingerprint density at radius 2 is 1.30 bits per heavy atom. The molecule has 2 aromatic rings. The van der Waals surface area contributed by atoms with Crippen LogP contribution in [0.2, 0.25) is 0 Å². The summed E-state index contributed by atoms with van der Waals surface area (Å²) in [6, 6.07) is -7.27. The van der Waals surface area contributed by atoms with E-state index in [2.05, 4.69) is 16.0 Å². The molecule has 0 radical (unpaired) electrons. The maximum atomic E-state index is 15.5. The highest BCUT2D eigenvalue weighted by Crippen LogP contribution is 2.40. The van der Waals surface area contributed by atoms with Crippen LogP contribution in [0.1, 0.15) is 153 Å². The van der Waals surface area contributed by atoms with Crippen LogP contribution in [0, 0.1) is 23.5 Å². The van der Waals surface area contributed by atoms with Crippen molar-refractivity contribution in [2.75, 3.05) is 88.7 Å². The molecular weight excluding hydrogens is 1430 g/mol. The smallest absolute Gasteiger partial charge is 0.377 e. The minimum Gasteiger partial charge on any atom is -0.377 e. The summed E-state index contributed by atoms with van der Waals surface area (Å²) in [5.74, 6) is -15.1. The Bertz CT molecular complexity index is 3620. The minimum atomic E-state index is -5.46. The molecule has 2 aliphatic carbocycles. The molecule has 108 heavy (non-hydrogen) atoms.